The van der Waals surface area contributed by atoms with Crippen molar-refractivity contribution in [2.24, 2.45) is 0 Å². The summed E-state index contributed by atoms with van der Waals surface area (Å²) < 4.78 is 47.6. The second-order valence-corrected chi connectivity index (χ2v) is 17.9. The number of carbonyl (C=O) groups excluding carboxylic acids is 2. The fourth-order valence-electron chi connectivity index (χ4n) is 5.82. The Morgan fingerprint density at radius 2 is 1.05 bits per heavy atom. The van der Waals surface area contributed by atoms with Crippen LogP contribution in [0.25, 0.3) is 0 Å². The zero-order valence-corrected chi connectivity index (χ0v) is 38.5. The van der Waals surface area contributed by atoms with E-state index < -0.39 is 72.3 Å². The highest BCUT2D eigenvalue weighted by Crippen LogP contribution is 2.43. The average molecular weight is 895 g/mol. The Morgan fingerprint density at radius 1 is 0.550 bits per heavy atom. The van der Waals surface area contributed by atoms with Crippen LogP contribution >= 0.6 is 15.6 Å². The SMILES string of the molecule is CCCCCC/C=C\CCCCCCCCCC(=O)OC[C@H](COP(=O)(O)OC[C@@H](O)COP(=O)(O)O)OC(=O)CCCC(O)/C=C/C=C/C/C=C/CCCCCCCC. The molecule has 0 heterocycles. The number of phosphoric acid groups is 2. The molecule has 0 aliphatic rings. The Labute approximate surface area is 361 Å². The van der Waals surface area contributed by atoms with Crippen LogP contribution in [-0.4, -0.2) is 81.6 Å². The van der Waals surface area contributed by atoms with E-state index in [1.807, 2.05) is 12.2 Å². The molecule has 14 nitrogen and oxygen atoms in total. The summed E-state index contributed by atoms with van der Waals surface area (Å²) in [5, 5.41) is 20.0. The van der Waals surface area contributed by atoms with Gasteiger partial charge >= 0.3 is 27.6 Å². The lowest BCUT2D eigenvalue weighted by Gasteiger charge is -2.20. The molecule has 0 fully saturated rings. The van der Waals surface area contributed by atoms with Gasteiger partial charge in [-0.1, -0.05) is 146 Å². The Hall–Kier alpha value is -1.96. The summed E-state index contributed by atoms with van der Waals surface area (Å²) in [4.78, 5) is 52.7. The molecule has 0 radical (unpaired) electrons. The number of carbonyl (C=O) groups is 2. The molecule has 0 saturated carbocycles. The molecule has 0 aromatic carbocycles. The molecule has 0 aromatic heterocycles. The van der Waals surface area contributed by atoms with Crippen molar-refractivity contribution in [1.82, 2.24) is 0 Å². The maximum atomic E-state index is 12.7. The molecule has 0 spiro atoms. The summed E-state index contributed by atoms with van der Waals surface area (Å²) in [6.07, 6.45) is 37.0. The Bertz CT molecular complexity index is 1270. The summed E-state index contributed by atoms with van der Waals surface area (Å²) >= 11 is 0. The molecule has 60 heavy (non-hydrogen) atoms. The van der Waals surface area contributed by atoms with Crippen LogP contribution in [0.3, 0.4) is 0 Å². The normalized spacial score (nSPS) is 15.0. The first-order valence-corrected chi connectivity index (χ1v) is 25.5. The largest absolute Gasteiger partial charge is 0.472 e. The van der Waals surface area contributed by atoms with Gasteiger partial charge in [0.25, 0.3) is 0 Å². The molecule has 0 saturated heterocycles. The average Bonchev–Trinajstić information content (AvgIpc) is 3.20. The molecule has 0 bridgehead atoms. The summed E-state index contributed by atoms with van der Waals surface area (Å²) in [7, 11) is -9.74. The highest BCUT2D eigenvalue weighted by atomic mass is 31.2. The van der Waals surface area contributed by atoms with Crippen molar-refractivity contribution in [3.8, 4) is 0 Å². The number of phosphoric ester groups is 2. The lowest BCUT2D eigenvalue weighted by molar-refractivity contribution is -0.161. The van der Waals surface area contributed by atoms with Crippen LogP contribution in [-0.2, 0) is 41.8 Å². The van der Waals surface area contributed by atoms with Crippen molar-refractivity contribution in [3.05, 3.63) is 48.6 Å². The molecular formula is C44H80O14P2. The van der Waals surface area contributed by atoms with Crippen molar-refractivity contribution in [2.75, 3.05) is 26.4 Å². The molecule has 2 unspecified atom stereocenters. The third kappa shape index (κ3) is 42.7. The van der Waals surface area contributed by atoms with Crippen molar-refractivity contribution in [2.45, 2.75) is 193 Å². The Morgan fingerprint density at radius 3 is 1.65 bits per heavy atom. The van der Waals surface area contributed by atoms with Crippen molar-refractivity contribution < 1.29 is 66.7 Å². The molecule has 0 aliphatic carbocycles. The fraction of sp³-hybridized carbons (Fsp3) is 0.773. The fourth-order valence-corrected chi connectivity index (χ4v) is 6.98. The van der Waals surface area contributed by atoms with E-state index in [1.54, 1.807) is 12.2 Å². The molecule has 0 amide bonds. The van der Waals surface area contributed by atoms with Gasteiger partial charge in [0.2, 0.25) is 0 Å². The maximum absolute atomic E-state index is 12.7. The molecule has 0 aliphatic heterocycles. The van der Waals surface area contributed by atoms with Crippen molar-refractivity contribution in [3.63, 3.8) is 0 Å². The van der Waals surface area contributed by atoms with E-state index in [9.17, 15) is 33.8 Å². The minimum Gasteiger partial charge on any atom is -0.462 e. The highest BCUT2D eigenvalue weighted by molar-refractivity contribution is 7.47. The number of aliphatic hydroxyl groups is 2. The number of aliphatic hydroxyl groups excluding tert-OH is 2. The van der Waals surface area contributed by atoms with E-state index in [2.05, 4.69) is 47.2 Å². The van der Waals surface area contributed by atoms with Gasteiger partial charge in [-0.2, -0.15) is 0 Å². The van der Waals surface area contributed by atoms with Crippen LogP contribution in [0.15, 0.2) is 48.6 Å². The van der Waals surface area contributed by atoms with E-state index in [0.717, 1.165) is 51.4 Å². The zero-order valence-electron chi connectivity index (χ0n) is 36.7. The van der Waals surface area contributed by atoms with Gasteiger partial charge in [-0.05, 0) is 64.2 Å². The summed E-state index contributed by atoms with van der Waals surface area (Å²) in [6.45, 7) is 1.53. The minimum atomic E-state index is -4.88. The smallest absolute Gasteiger partial charge is 0.462 e. The summed E-state index contributed by atoms with van der Waals surface area (Å²) in [5.74, 6) is -1.23. The van der Waals surface area contributed by atoms with E-state index in [4.69, 9.17) is 23.8 Å². The first-order valence-electron chi connectivity index (χ1n) is 22.4. The van der Waals surface area contributed by atoms with Crippen LogP contribution in [0, 0.1) is 0 Å². The van der Waals surface area contributed by atoms with Crippen LogP contribution in [0.4, 0.5) is 0 Å². The van der Waals surface area contributed by atoms with Gasteiger partial charge in [0.15, 0.2) is 6.10 Å². The maximum Gasteiger partial charge on any atom is 0.472 e. The minimum absolute atomic E-state index is 0.0938. The monoisotopic (exact) mass is 895 g/mol. The quantitative estimate of drug-likeness (QED) is 0.0127. The lowest BCUT2D eigenvalue weighted by atomic mass is 10.1. The van der Waals surface area contributed by atoms with E-state index >= 15 is 0 Å². The standard InChI is InChI=1S/C44H80O14P2/c1-3-5-7-9-11-13-15-17-18-20-22-24-26-28-30-34-43(47)54-38-42(39-57-60(52,53)56-37-41(46)36-55-59(49,50)51)58-44(48)35-31-33-40(45)32-29-27-25-23-21-19-16-14-12-10-8-6-4-2/h13,15,19,21,25,27,29,32,40-42,45-46H,3-12,14,16-18,20,22-24,26,28,30-31,33-39H2,1-2H3,(H,52,53)(H2,49,50,51)/b15-13-,21-19+,27-25+,32-29+/t40?,41-,42+/m0/s1. The number of rotatable bonds is 42. The first-order chi connectivity index (χ1) is 28.8. The van der Waals surface area contributed by atoms with Crippen LogP contribution in [0.2, 0.25) is 0 Å². The Kier molecular flexibility index (Phi) is 38.6. The van der Waals surface area contributed by atoms with Crippen molar-refractivity contribution >= 4 is 27.6 Å². The van der Waals surface area contributed by atoms with Crippen LogP contribution < -0.4 is 0 Å². The van der Waals surface area contributed by atoms with E-state index in [0.29, 0.717) is 6.42 Å². The van der Waals surface area contributed by atoms with Gasteiger partial charge in [-0.15, -0.1) is 0 Å². The van der Waals surface area contributed by atoms with Gasteiger partial charge in [-0.25, -0.2) is 9.13 Å². The van der Waals surface area contributed by atoms with Gasteiger partial charge in [-0.3, -0.25) is 23.2 Å². The second-order valence-electron chi connectivity index (χ2n) is 15.2. The Balaban J connectivity index is 4.69. The molecule has 0 aromatic rings. The first kappa shape index (κ1) is 58.0. The zero-order chi connectivity index (χ0) is 44.6. The van der Waals surface area contributed by atoms with E-state index in [1.165, 1.54) is 77.0 Å². The molecule has 0 rings (SSSR count). The topological polar surface area (TPSA) is 216 Å². The second kappa shape index (κ2) is 39.9. The number of unbranched alkanes of at least 4 members (excludes halogenated alkanes) is 17. The molecule has 350 valence electrons. The predicted octanol–water partition coefficient (Wildman–Crippen LogP) is 10.4. The molecular weight excluding hydrogens is 814 g/mol. The third-order valence-electron chi connectivity index (χ3n) is 9.28. The van der Waals surface area contributed by atoms with Gasteiger partial charge in [0, 0.05) is 12.8 Å². The number of hydrogen-bond donors (Lipinski definition) is 5. The molecule has 16 heteroatoms. The number of allylic oxidation sites excluding steroid dienone is 7. The van der Waals surface area contributed by atoms with Gasteiger partial charge < -0.3 is 34.4 Å². The van der Waals surface area contributed by atoms with Crippen LogP contribution in [0.5, 0.6) is 0 Å². The van der Waals surface area contributed by atoms with Crippen molar-refractivity contribution in [1.29, 1.82) is 0 Å². The number of esters is 2. The summed E-state index contributed by atoms with van der Waals surface area (Å²) in [5.41, 5.74) is 0. The van der Waals surface area contributed by atoms with Gasteiger partial charge in [0.1, 0.15) is 12.7 Å². The van der Waals surface area contributed by atoms with Crippen LogP contribution in [0.1, 0.15) is 174 Å². The third-order valence-corrected chi connectivity index (χ3v) is 10.7. The number of ether oxygens (including phenoxy) is 2. The van der Waals surface area contributed by atoms with E-state index in [-0.39, 0.29) is 25.7 Å². The summed E-state index contributed by atoms with van der Waals surface area (Å²) in [6, 6.07) is 0. The highest BCUT2D eigenvalue weighted by Gasteiger charge is 2.28. The predicted molar refractivity (Wildman–Crippen MR) is 236 cm³/mol. The molecule has 4 atom stereocenters. The van der Waals surface area contributed by atoms with Gasteiger partial charge in [0.05, 0.1) is 25.9 Å². The number of hydrogen-bond acceptors (Lipinski definition) is 11. The molecule has 5 N–H and O–H groups in total. The lowest BCUT2D eigenvalue weighted by Crippen LogP contribution is -2.30.